The molecule has 1 unspecified atom stereocenters. The number of ether oxygens (including phenoxy) is 2. The monoisotopic (exact) mass is 430 g/mol. The molecule has 0 saturated carbocycles. The van der Waals surface area contributed by atoms with Crippen molar-refractivity contribution in [2.45, 2.75) is 43.5 Å². The van der Waals surface area contributed by atoms with Gasteiger partial charge in [0.2, 0.25) is 0 Å². The first kappa shape index (κ1) is 20.0. The molecular formula is C21H22N2O4S2. The highest BCUT2D eigenvalue weighted by molar-refractivity contribution is 8.00. The number of rotatable bonds is 6. The highest BCUT2D eigenvalue weighted by Crippen LogP contribution is 2.36. The molecule has 0 radical (unpaired) electrons. The van der Waals surface area contributed by atoms with Gasteiger partial charge in [-0.15, -0.1) is 11.3 Å². The average Bonchev–Trinajstić information content (AvgIpc) is 3.29. The summed E-state index contributed by atoms with van der Waals surface area (Å²) in [5, 5.41) is 0.723. The molecule has 3 aromatic rings. The second-order valence-electron chi connectivity index (χ2n) is 6.78. The fourth-order valence-electron chi connectivity index (χ4n) is 3.56. The lowest BCUT2D eigenvalue weighted by Gasteiger charge is -2.15. The molecule has 6 nitrogen and oxygen atoms in total. The zero-order chi connectivity index (χ0) is 20.5. The molecule has 2 heterocycles. The standard InChI is InChI=1S/C21H22N2O4S2/c1-4-27-14-10-8-13(9-11-14)23-19(24)17-15-6-5-7-16(15)29-18(17)22-21(23)28-12(2)20(25)26-3/h8-12H,4-7H2,1-3H3. The fraction of sp³-hybridized carbons (Fsp3) is 0.381. The lowest BCUT2D eigenvalue weighted by Crippen LogP contribution is -2.24. The molecule has 1 atom stereocenters. The predicted octanol–water partition coefficient (Wildman–Crippen LogP) is 3.99. The minimum atomic E-state index is -0.481. The first-order chi connectivity index (χ1) is 14.0. The lowest BCUT2D eigenvalue weighted by molar-refractivity contribution is -0.139. The van der Waals surface area contributed by atoms with Gasteiger partial charge < -0.3 is 9.47 Å². The molecule has 0 fully saturated rings. The van der Waals surface area contributed by atoms with E-state index < -0.39 is 5.25 Å². The summed E-state index contributed by atoms with van der Waals surface area (Å²) in [7, 11) is 1.36. The summed E-state index contributed by atoms with van der Waals surface area (Å²) < 4.78 is 12.0. The van der Waals surface area contributed by atoms with Crippen molar-refractivity contribution in [1.29, 1.82) is 0 Å². The van der Waals surface area contributed by atoms with Gasteiger partial charge in [-0.05, 0) is 62.9 Å². The molecule has 8 heteroatoms. The maximum absolute atomic E-state index is 13.6. The summed E-state index contributed by atoms with van der Waals surface area (Å²) in [6, 6.07) is 7.37. The summed E-state index contributed by atoms with van der Waals surface area (Å²) in [4.78, 5) is 32.3. The number of aryl methyl sites for hydroxylation is 2. The Kier molecular flexibility index (Phi) is 5.65. The van der Waals surface area contributed by atoms with Crippen LogP contribution in [-0.4, -0.2) is 34.5 Å². The third kappa shape index (κ3) is 3.67. The van der Waals surface area contributed by atoms with Gasteiger partial charge in [0.15, 0.2) is 5.16 Å². The van der Waals surface area contributed by atoms with Gasteiger partial charge in [-0.2, -0.15) is 0 Å². The Morgan fingerprint density at radius 2 is 2.07 bits per heavy atom. The molecule has 0 saturated heterocycles. The molecule has 0 bridgehead atoms. The zero-order valence-electron chi connectivity index (χ0n) is 16.6. The molecule has 0 amide bonds. The van der Waals surface area contributed by atoms with E-state index in [9.17, 15) is 9.59 Å². The Bertz CT molecular complexity index is 1120. The van der Waals surface area contributed by atoms with Crippen LogP contribution in [0.15, 0.2) is 34.2 Å². The Labute approximate surface area is 176 Å². The summed E-state index contributed by atoms with van der Waals surface area (Å²) in [6.45, 7) is 4.26. The highest BCUT2D eigenvalue weighted by Gasteiger charge is 2.26. The van der Waals surface area contributed by atoms with E-state index in [-0.39, 0.29) is 11.5 Å². The minimum Gasteiger partial charge on any atom is -0.494 e. The molecule has 0 aliphatic heterocycles. The normalized spacial score (nSPS) is 14.0. The largest absolute Gasteiger partial charge is 0.494 e. The van der Waals surface area contributed by atoms with Gasteiger partial charge in [-0.25, -0.2) is 4.98 Å². The lowest BCUT2D eigenvalue weighted by atomic mass is 10.2. The van der Waals surface area contributed by atoms with E-state index >= 15 is 0 Å². The first-order valence-corrected chi connectivity index (χ1v) is 11.3. The SMILES string of the molecule is CCOc1ccc(-n2c(SC(C)C(=O)OC)nc3sc4c(c3c2=O)CCC4)cc1. The van der Waals surface area contributed by atoms with Gasteiger partial charge >= 0.3 is 5.97 Å². The number of methoxy groups -OCH3 is 1. The van der Waals surface area contributed by atoms with E-state index in [0.717, 1.165) is 35.4 Å². The second-order valence-corrected chi connectivity index (χ2v) is 9.17. The van der Waals surface area contributed by atoms with E-state index in [4.69, 9.17) is 14.5 Å². The van der Waals surface area contributed by atoms with Crippen molar-refractivity contribution in [3.05, 3.63) is 45.1 Å². The molecule has 0 N–H and O–H groups in total. The minimum absolute atomic E-state index is 0.0851. The Morgan fingerprint density at radius 1 is 1.31 bits per heavy atom. The second kappa shape index (κ2) is 8.20. The number of hydrogen-bond acceptors (Lipinski definition) is 7. The molecule has 1 aliphatic rings. The summed E-state index contributed by atoms with van der Waals surface area (Å²) in [5.74, 6) is 0.392. The Morgan fingerprint density at radius 3 is 2.76 bits per heavy atom. The molecule has 4 rings (SSSR count). The maximum atomic E-state index is 13.6. The smallest absolute Gasteiger partial charge is 0.318 e. The number of carbonyl (C=O) groups is 1. The predicted molar refractivity (Wildman–Crippen MR) is 116 cm³/mol. The van der Waals surface area contributed by atoms with Gasteiger partial charge in [-0.1, -0.05) is 11.8 Å². The fourth-order valence-corrected chi connectivity index (χ4v) is 5.82. The van der Waals surface area contributed by atoms with Crippen molar-refractivity contribution in [3.8, 4) is 11.4 Å². The van der Waals surface area contributed by atoms with Crippen LogP contribution in [0.4, 0.5) is 0 Å². The number of thiophene rings is 1. The molecular weight excluding hydrogens is 408 g/mol. The van der Waals surface area contributed by atoms with Gasteiger partial charge in [0.1, 0.15) is 15.8 Å². The molecule has 2 aromatic heterocycles. The molecule has 29 heavy (non-hydrogen) atoms. The molecule has 1 aromatic carbocycles. The van der Waals surface area contributed by atoms with Crippen molar-refractivity contribution >= 4 is 39.3 Å². The van der Waals surface area contributed by atoms with Gasteiger partial charge in [-0.3, -0.25) is 14.2 Å². The van der Waals surface area contributed by atoms with Crippen molar-refractivity contribution in [1.82, 2.24) is 9.55 Å². The topological polar surface area (TPSA) is 70.4 Å². The third-order valence-corrected chi connectivity index (χ3v) is 7.15. The zero-order valence-corrected chi connectivity index (χ0v) is 18.2. The van der Waals surface area contributed by atoms with Crippen LogP contribution in [0.25, 0.3) is 15.9 Å². The van der Waals surface area contributed by atoms with Crippen LogP contribution in [0.5, 0.6) is 5.75 Å². The number of aromatic nitrogens is 2. The van der Waals surface area contributed by atoms with E-state index in [1.54, 1.807) is 22.8 Å². The Balaban J connectivity index is 1.89. The van der Waals surface area contributed by atoms with Gasteiger partial charge in [0, 0.05) is 4.88 Å². The number of thioether (sulfide) groups is 1. The highest BCUT2D eigenvalue weighted by atomic mass is 32.2. The van der Waals surface area contributed by atoms with E-state index in [1.165, 1.54) is 23.7 Å². The molecule has 0 spiro atoms. The van der Waals surface area contributed by atoms with Crippen LogP contribution in [0.3, 0.4) is 0 Å². The number of fused-ring (bicyclic) bond motifs is 3. The van der Waals surface area contributed by atoms with Crippen LogP contribution in [0.1, 0.15) is 30.7 Å². The number of nitrogens with zero attached hydrogens (tertiary/aromatic N) is 2. The van der Waals surface area contributed by atoms with Crippen molar-refractivity contribution < 1.29 is 14.3 Å². The van der Waals surface area contributed by atoms with E-state index in [1.807, 2.05) is 31.2 Å². The van der Waals surface area contributed by atoms with E-state index in [0.29, 0.717) is 22.8 Å². The van der Waals surface area contributed by atoms with Crippen LogP contribution >= 0.6 is 23.1 Å². The summed E-state index contributed by atoms with van der Waals surface area (Å²) in [5.41, 5.74) is 1.75. The number of esters is 1. The first-order valence-electron chi connectivity index (χ1n) is 9.58. The number of hydrogen-bond donors (Lipinski definition) is 0. The number of carbonyl (C=O) groups excluding carboxylic acids is 1. The Hall–Kier alpha value is -2.32. The number of benzene rings is 1. The molecule has 1 aliphatic carbocycles. The quantitative estimate of drug-likeness (QED) is 0.335. The van der Waals surface area contributed by atoms with E-state index in [2.05, 4.69) is 0 Å². The summed E-state index contributed by atoms with van der Waals surface area (Å²) in [6.07, 6.45) is 3.00. The van der Waals surface area contributed by atoms with Crippen LogP contribution in [0.2, 0.25) is 0 Å². The maximum Gasteiger partial charge on any atom is 0.318 e. The summed E-state index contributed by atoms with van der Waals surface area (Å²) >= 11 is 2.83. The van der Waals surface area contributed by atoms with Gasteiger partial charge in [0.05, 0.1) is 24.8 Å². The average molecular weight is 431 g/mol. The molecule has 152 valence electrons. The van der Waals surface area contributed by atoms with Crippen molar-refractivity contribution in [3.63, 3.8) is 0 Å². The third-order valence-electron chi connectivity index (χ3n) is 4.93. The van der Waals surface area contributed by atoms with Gasteiger partial charge in [0.25, 0.3) is 5.56 Å². The van der Waals surface area contributed by atoms with Crippen LogP contribution < -0.4 is 10.3 Å². The van der Waals surface area contributed by atoms with Crippen molar-refractivity contribution in [2.24, 2.45) is 0 Å². The van der Waals surface area contributed by atoms with Crippen LogP contribution in [0, 0.1) is 0 Å². The van der Waals surface area contributed by atoms with Crippen LogP contribution in [-0.2, 0) is 22.4 Å². The van der Waals surface area contributed by atoms with Crippen molar-refractivity contribution in [2.75, 3.05) is 13.7 Å².